The maximum Gasteiger partial charge on any atom is 0.293 e. The minimum Gasteiger partial charge on any atom is -0.454 e. The molecule has 25 heavy (non-hydrogen) atoms. The van der Waals surface area contributed by atoms with Gasteiger partial charge < -0.3 is 9.47 Å². The summed E-state index contributed by atoms with van der Waals surface area (Å²) in [6, 6.07) is 11.0. The number of imide groups is 1. The predicted molar refractivity (Wildman–Crippen MR) is 90.5 cm³/mol. The molecule has 0 saturated carbocycles. The number of fused-ring (bicyclic) bond motifs is 1. The molecular formula is C18H12FNO4S. The highest BCUT2D eigenvalue weighted by Crippen LogP contribution is 2.36. The molecule has 5 nitrogen and oxygen atoms in total. The Hall–Kier alpha value is -2.80. The van der Waals surface area contributed by atoms with Crippen molar-refractivity contribution in [2.24, 2.45) is 0 Å². The van der Waals surface area contributed by atoms with Gasteiger partial charge in [0.05, 0.1) is 11.4 Å². The molecule has 2 heterocycles. The number of carbonyl (C=O) groups excluding carboxylic acids is 2. The van der Waals surface area contributed by atoms with Gasteiger partial charge >= 0.3 is 0 Å². The first kappa shape index (κ1) is 15.7. The van der Waals surface area contributed by atoms with E-state index >= 15 is 0 Å². The van der Waals surface area contributed by atoms with Gasteiger partial charge in [0.2, 0.25) is 6.79 Å². The Morgan fingerprint density at radius 3 is 2.64 bits per heavy atom. The topological polar surface area (TPSA) is 55.8 Å². The summed E-state index contributed by atoms with van der Waals surface area (Å²) < 4.78 is 23.5. The number of benzene rings is 2. The molecule has 0 aromatic heterocycles. The van der Waals surface area contributed by atoms with Gasteiger partial charge in [0, 0.05) is 0 Å². The summed E-state index contributed by atoms with van der Waals surface area (Å²) in [5.74, 6) is 0.540. The fraction of sp³-hybridized carbons (Fsp3) is 0.111. The van der Waals surface area contributed by atoms with Crippen LogP contribution in [-0.2, 0) is 11.3 Å². The van der Waals surface area contributed by atoms with Crippen LogP contribution in [0.15, 0.2) is 47.4 Å². The van der Waals surface area contributed by atoms with Gasteiger partial charge in [0.25, 0.3) is 11.1 Å². The maximum atomic E-state index is 13.0. The summed E-state index contributed by atoms with van der Waals surface area (Å²) in [5, 5.41) is -0.346. The Kier molecular flexibility index (Phi) is 3.93. The standard InChI is InChI=1S/C18H12FNO4S/c19-13-4-1-11(2-5-13)9-20-17(21)16(25-18(20)22)8-12-3-6-14-15(7-12)24-10-23-14/h1-8H,9-10H2/b16-8-. The van der Waals surface area contributed by atoms with E-state index < -0.39 is 0 Å². The Morgan fingerprint density at radius 1 is 1.08 bits per heavy atom. The van der Waals surface area contributed by atoms with Crippen molar-refractivity contribution in [1.29, 1.82) is 0 Å². The SMILES string of the molecule is O=C1S/C(=C\c2ccc3c(c2)OCO3)C(=O)N1Cc1ccc(F)cc1. The van der Waals surface area contributed by atoms with Gasteiger partial charge in [0.15, 0.2) is 11.5 Å². The summed E-state index contributed by atoms with van der Waals surface area (Å²) in [6.07, 6.45) is 1.65. The number of amides is 2. The van der Waals surface area contributed by atoms with E-state index in [-0.39, 0.29) is 30.3 Å². The lowest BCUT2D eigenvalue weighted by Crippen LogP contribution is -2.27. The zero-order valence-corrected chi connectivity index (χ0v) is 13.7. The minimum atomic E-state index is -0.364. The molecular weight excluding hydrogens is 345 g/mol. The smallest absolute Gasteiger partial charge is 0.293 e. The molecule has 0 spiro atoms. The maximum absolute atomic E-state index is 13.0. The molecule has 126 valence electrons. The van der Waals surface area contributed by atoms with E-state index in [1.54, 1.807) is 36.4 Å². The van der Waals surface area contributed by atoms with Crippen LogP contribution in [0.1, 0.15) is 11.1 Å². The first-order valence-electron chi connectivity index (χ1n) is 7.49. The highest BCUT2D eigenvalue weighted by atomic mass is 32.2. The van der Waals surface area contributed by atoms with Crippen LogP contribution in [0.5, 0.6) is 11.5 Å². The average molecular weight is 357 g/mol. The Labute approximate surface area is 147 Å². The minimum absolute atomic E-state index is 0.115. The van der Waals surface area contributed by atoms with E-state index in [1.165, 1.54) is 12.1 Å². The van der Waals surface area contributed by atoms with Gasteiger partial charge in [-0.2, -0.15) is 0 Å². The van der Waals surface area contributed by atoms with Gasteiger partial charge in [-0.3, -0.25) is 14.5 Å². The highest BCUT2D eigenvalue weighted by Gasteiger charge is 2.35. The first-order valence-corrected chi connectivity index (χ1v) is 8.31. The van der Waals surface area contributed by atoms with Crippen LogP contribution in [0, 0.1) is 5.82 Å². The Bertz CT molecular complexity index is 894. The van der Waals surface area contributed by atoms with E-state index in [0.717, 1.165) is 22.2 Å². The number of rotatable bonds is 3. The third kappa shape index (κ3) is 3.10. The summed E-state index contributed by atoms with van der Waals surface area (Å²) in [7, 11) is 0. The van der Waals surface area contributed by atoms with Crippen LogP contribution in [0.2, 0.25) is 0 Å². The number of halogens is 1. The fourth-order valence-electron chi connectivity index (χ4n) is 2.56. The zero-order chi connectivity index (χ0) is 17.4. The predicted octanol–water partition coefficient (Wildman–Crippen LogP) is 3.79. The largest absolute Gasteiger partial charge is 0.454 e. The molecule has 0 atom stereocenters. The number of ether oxygens (including phenoxy) is 2. The molecule has 2 aromatic rings. The molecule has 2 aliphatic rings. The van der Waals surface area contributed by atoms with E-state index in [2.05, 4.69) is 0 Å². The molecule has 4 rings (SSSR count). The van der Waals surface area contributed by atoms with E-state index in [1.807, 2.05) is 0 Å². The summed E-state index contributed by atoms with van der Waals surface area (Å²) in [5.41, 5.74) is 1.43. The molecule has 0 bridgehead atoms. The van der Waals surface area contributed by atoms with Gasteiger partial charge in [-0.25, -0.2) is 4.39 Å². The fourth-order valence-corrected chi connectivity index (χ4v) is 3.40. The number of thioether (sulfide) groups is 1. The normalized spacial score (nSPS) is 17.6. The first-order chi connectivity index (χ1) is 12.1. The number of carbonyl (C=O) groups is 2. The van der Waals surface area contributed by atoms with Crippen LogP contribution in [0.3, 0.4) is 0 Å². The van der Waals surface area contributed by atoms with E-state index in [4.69, 9.17) is 9.47 Å². The Balaban J connectivity index is 1.55. The molecule has 0 radical (unpaired) electrons. The molecule has 7 heteroatoms. The lowest BCUT2D eigenvalue weighted by atomic mass is 10.1. The van der Waals surface area contributed by atoms with E-state index in [0.29, 0.717) is 22.0 Å². The van der Waals surface area contributed by atoms with Gasteiger partial charge in [-0.05, 0) is 53.2 Å². The molecule has 1 saturated heterocycles. The van der Waals surface area contributed by atoms with Crippen molar-refractivity contribution < 1.29 is 23.5 Å². The van der Waals surface area contributed by atoms with Crippen LogP contribution in [0.4, 0.5) is 9.18 Å². The molecule has 0 aliphatic carbocycles. The van der Waals surface area contributed by atoms with Crippen LogP contribution >= 0.6 is 11.8 Å². The van der Waals surface area contributed by atoms with E-state index in [9.17, 15) is 14.0 Å². The highest BCUT2D eigenvalue weighted by molar-refractivity contribution is 8.18. The van der Waals surface area contributed by atoms with Crippen molar-refractivity contribution in [3.05, 3.63) is 64.3 Å². The van der Waals surface area contributed by atoms with Crippen molar-refractivity contribution >= 4 is 29.0 Å². The quantitative estimate of drug-likeness (QED) is 0.783. The summed E-state index contributed by atoms with van der Waals surface area (Å²) >= 11 is 0.885. The van der Waals surface area contributed by atoms with Crippen molar-refractivity contribution in [2.75, 3.05) is 6.79 Å². The van der Waals surface area contributed by atoms with Crippen molar-refractivity contribution in [3.8, 4) is 11.5 Å². The second kappa shape index (κ2) is 6.25. The summed E-state index contributed by atoms with van der Waals surface area (Å²) in [6.45, 7) is 0.288. The average Bonchev–Trinajstić information content (AvgIpc) is 3.16. The summed E-state index contributed by atoms with van der Waals surface area (Å²) in [4.78, 5) is 26.2. The molecule has 0 N–H and O–H groups in total. The lowest BCUT2D eigenvalue weighted by Gasteiger charge is -2.12. The van der Waals surface area contributed by atoms with Crippen LogP contribution < -0.4 is 9.47 Å². The monoisotopic (exact) mass is 357 g/mol. The Morgan fingerprint density at radius 2 is 1.84 bits per heavy atom. The van der Waals surface area contributed by atoms with Gasteiger partial charge in [-0.15, -0.1) is 0 Å². The second-order valence-electron chi connectivity index (χ2n) is 5.51. The third-order valence-electron chi connectivity index (χ3n) is 3.82. The van der Waals surface area contributed by atoms with Crippen molar-refractivity contribution in [2.45, 2.75) is 6.54 Å². The molecule has 0 unspecified atom stereocenters. The number of nitrogens with zero attached hydrogens (tertiary/aromatic N) is 1. The lowest BCUT2D eigenvalue weighted by molar-refractivity contribution is -0.123. The zero-order valence-electron chi connectivity index (χ0n) is 12.9. The second-order valence-corrected chi connectivity index (χ2v) is 6.50. The van der Waals surface area contributed by atoms with Crippen molar-refractivity contribution in [1.82, 2.24) is 4.90 Å². The van der Waals surface area contributed by atoms with Gasteiger partial charge in [0.1, 0.15) is 5.82 Å². The van der Waals surface area contributed by atoms with Crippen molar-refractivity contribution in [3.63, 3.8) is 0 Å². The number of hydrogen-bond donors (Lipinski definition) is 0. The van der Waals surface area contributed by atoms with Crippen LogP contribution in [-0.4, -0.2) is 22.8 Å². The number of hydrogen-bond acceptors (Lipinski definition) is 5. The van der Waals surface area contributed by atoms with Gasteiger partial charge in [-0.1, -0.05) is 18.2 Å². The molecule has 2 amide bonds. The molecule has 2 aromatic carbocycles. The molecule has 1 fully saturated rings. The third-order valence-corrected chi connectivity index (χ3v) is 4.73. The van der Waals surface area contributed by atoms with Crippen LogP contribution in [0.25, 0.3) is 6.08 Å². The molecule has 2 aliphatic heterocycles.